The van der Waals surface area contributed by atoms with Crippen LogP contribution in [0.4, 0.5) is 27.8 Å². The molecule has 0 aliphatic rings. The van der Waals surface area contributed by atoms with Gasteiger partial charge < -0.3 is 10.1 Å². The Labute approximate surface area is 89.0 Å². The lowest BCUT2D eigenvalue weighted by molar-refractivity contribution is -0.392. The number of alkyl halides is 5. The Balaban J connectivity index is 3.66. The molecule has 0 aromatic carbocycles. The maximum atomic E-state index is 12.3. The van der Waals surface area contributed by atoms with E-state index in [1.807, 2.05) is 0 Å². The van der Waals surface area contributed by atoms with Crippen LogP contribution in [0.3, 0.4) is 0 Å². The number of nitrogens with one attached hydrogen (secondary N) is 1. The van der Waals surface area contributed by atoms with Crippen molar-refractivity contribution in [2.24, 2.45) is 0 Å². The zero-order valence-electron chi connectivity index (χ0n) is 7.72. The van der Waals surface area contributed by atoms with Gasteiger partial charge in [0.2, 0.25) is 5.43 Å². The highest BCUT2D eigenvalue weighted by Crippen LogP contribution is 2.33. The van der Waals surface area contributed by atoms with Crippen LogP contribution in [-0.2, 0) is 6.18 Å². The van der Waals surface area contributed by atoms with E-state index in [0.717, 1.165) is 0 Å². The molecule has 0 atom stereocenters. The van der Waals surface area contributed by atoms with Crippen molar-refractivity contribution in [3.63, 3.8) is 0 Å². The van der Waals surface area contributed by atoms with Gasteiger partial charge in [-0.3, -0.25) is 4.79 Å². The number of aromatic amines is 1. The molecular formula is C7H3F5N2O3. The van der Waals surface area contributed by atoms with Crippen molar-refractivity contribution in [1.82, 2.24) is 4.98 Å². The van der Waals surface area contributed by atoms with Crippen LogP contribution in [0, 0.1) is 10.1 Å². The number of H-pyrrole nitrogens is 1. The molecule has 1 rings (SSSR count). The molecular weight excluding hydrogens is 255 g/mol. The van der Waals surface area contributed by atoms with Crippen molar-refractivity contribution < 1.29 is 26.9 Å². The predicted molar refractivity (Wildman–Crippen MR) is 43.7 cm³/mol. The summed E-state index contributed by atoms with van der Waals surface area (Å²) >= 11 is 0. The lowest BCUT2D eigenvalue weighted by atomic mass is 10.1. The highest BCUT2D eigenvalue weighted by Gasteiger charge is 2.43. The van der Waals surface area contributed by atoms with E-state index in [1.54, 1.807) is 0 Å². The SMILES string of the molecule is O=c1c(C(F)F)c[nH]c([N+](=O)[O-])c1C(F)(F)F. The molecule has 0 saturated heterocycles. The maximum absolute atomic E-state index is 12.3. The van der Waals surface area contributed by atoms with E-state index in [0.29, 0.717) is 0 Å². The van der Waals surface area contributed by atoms with Crippen LogP contribution in [-0.4, -0.2) is 9.91 Å². The summed E-state index contributed by atoms with van der Waals surface area (Å²) in [5.41, 5.74) is -5.80. The first-order chi connectivity index (χ1) is 7.66. The Kier molecular flexibility index (Phi) is 3.16. The number of hydrogen-bond donors (Lipinski definition) is 1. The van der Waals surface area contributed by atoms with Crippen LogP contribution in [0.5, 0.6) is 0 Å². The molecule has 0 fully saturated rings. The number of halogens is 5. The second kappa shape index (κ2) is 4.11. The first kappa shape index (κ1) is 13.1. The smallest absolute Gasteiger partial charge is 0.358 e. The monoisotopic (exact) mass is 258 g/mol. The van der Waals surface area contributed by atoms with E-state index in [2.05, 4.69) is 0 Å². The van der Waals surface area contributed by atoms with Crippen molar-refractivity contribution in [2.75, 3.05) is 0 Å². The highest BCUT2D eigenvalue weighted by molar-refractivity contribution is 5.37. The first-order valence-electron chi connectivity index (χ1n) is 3.91. The molecule has 0 amide bonds. The molecule has 0 unspecified atom stereocenters. The molecule has 1 aromatic rings. The quantitative estimate of drug-likeness (QED) is 0.502. The van der Waals surface area contributed by atoms with Gasteiger partial charge in [0, 0.05) is 0 Å². The van der Waals surface area contributed by atoms with Gasteiger partial charge in [-0.1, -0.05) is 0 Å². The number of pyridine rings is 1. The summed E-state index contributed by atoms with van der Waals surface area (Å²) < 4.78 is 61.4. The van der Waals surface area contributed by atoms with E-state index < -0.39 is 39.9 Å². The second-order valence-corrected chi connectivity index (χ2v) is 2.85. The molecule has 94 valence electrons. The third-order valence-electron chi connectivity index (χ3n) is 1.79. The van der Waals surface area contributed by atoms with Crippen LogP contribution < -0.4 is 5.43 Å². The lowest BCUT2D eigenvalue weighted by Crippen LogP contribution is -2.25. The Morgan fingerprint density at radius 3 is 2.24 bits per heavy atom. The first-order valence-corrected chi connectivity index (χ1v) is 3.91. The Bertz CT molecular complexity index is 507. The zero-order valence-corrected chi connectivity index (χ0v) is 7.72. The van der Waals surface area contributed by atoms with Crippen molar-refractivity contribution in [3.05, 3.63) is 37.7 Å². The van der Waals surface area contributed by atoms with E-state index in [4.69, 9.17) is 0 Å². The summed E-state index contributed by atoms with van der Waals surface area (Å²) in [5.74, 6) is -1.66. The minimum absolute atomic E-state index is 0.195. The molecule has 0 aliphatic heterocycles. The van der Waals surface area contributed by atoms with Gasteiger partial charge in [0.15, 0.2) is 5.56 Å². The number of hydrogen-bond acceptors (Lipinski definition) is 3. The van der Waals surface area contributed by atoms with Gasteiger partial charge in [0.05, 0.1) is 0 Å². The normalized spacial score (nSPS) is 11.9. The number of nitrogens with zero attached hydrogens (tertiary/aromatic N) is 1. The molecule has 0 aliphatic carbocycles. The third-order valence-corrected chi connectivity index (χ3v) is 1.79. The molecule has 1 heterocycles. The van der Waals surface area contributed by atoms with Crippen LogP contribution in [0.1, 0.15) is 17.6 Å². The highest BCUT2D eigenvalue weighted by atomic mass is 19.4. The van der Waals surface area contributed by atoms with Gasteiger partial charge in [-0.2, -0.15) is 13.2 Å². The van der Waals surface area contributed by atoms with Gasteiger partial charge >= 0.3 is 12.0 Å². The maximum Gasteiger partial charge on any atom is 0.428 e. The number of aromatic nitrogens is 1. The Hall–Kier alpha value is -2.00. The van der Waals surface area contributed by atoms with Crippen LogP contribution in [0.25, 0.3) is 0 Å². The largest absolute Gasteiger partial charge is 0.428 e. The zero-order chi connectivity index (χ0) is 13.4. The number of nitro groups is 1. The molecule has 1 aromatic heterocycles. The average Bonchev–Trinajstić information content (AvgIpc) is 2.14. The summed E-state index contributed by atoms with van der Waals surface area (Å²) in [4.78, 5) is 21.2. The average molecular weight is 258 g/mol. The molecule has 0 saturated carbocycles. The standard InChI is InChI=1S/C7H3F5N2O3/c8-5(9)2-1-13-6(14(16)17)3(4(2)15)7(10,11)12/h1,5H,(H,13,15). The fourth-order valence-electron chi connectivity index (χ4n) is 1.10. The van der Waals surface area contributed by atoms with Gasteiger partial charge in [-0.15, -0.1) is 0 Å². The number of rotatable bonds is 2. The van der Waals surface area contributed by atoms with E-state index in [-0.39, 0.29) is 6.20 Å². The summed E-state index contributed by atoms with van der Waals surface area (Å²) in [5, 5.41) is 10.2. The topological polar surface area (TPSA) is 76.0 Å². The molecule has 0 bridgehead atoms. The van der Waals surface area contributed by atoms with Crippen LogP contribution in [0.2, 0.25) is 0 Å². The minimum atomic E-state index is -5.39. The Morgan fingerprint density at radius 1 is 1.35 bits per heavy atom. The van der Waals surface area contributed by atoms with Crippen molar-refractivity contribution in [3.8, 4) is 0 Å². The fourth-order valence-corrected chi connectivity index (χ4v) is 1.10. The summed E-state index contributed by atoms with van der Waals surface area (Å²) in [6.07, 6.45) is -8.65. The third kappa shape index (κ3) is 2.40. The molecule has 5 nitrogen and oxygen atoms in total. The second-order valence-electron chi connectivity index (χ2n) is 2.85. The van der Waals surface area contributed by atoms with Gasteiger partial charge in [0.1, 0.15) is 11.8 Å². The molecule has 10 heteroatoms. The van der Waals surface area contributed by atoms with E-state index in [9.17, 15) is 36.9 Å². The lowest BCUT2D eigenvalue weighted by Gasteiger charge is -2.08. The van der Waals surface area contributed by atoms with Crippen molar-refractivity contribution in [2.45, 2.75) is 12.6 Å². The Morgan fingerprint density at radius 2 is 1.88 bits per heavy atom. The molecule has 0 spiro atoms. The summed E-state index contributed by atoms with van der Waals surface area (Å²) in [7, 11) is 0. The van der Waals surface area contributed by atoms with E-state index in [1.165, 1.54) is 4.98 Å². The summed E-state index contributed by atoms with van der Waals surface area (Å²) in [6, 6.07) is 0. The molecule has 17 heavy (non-hydrogen) atoms. The summed E-state index contributed by atoms with van der Waals surface area (Å²) in [6.45, 7) is 0. The van der Waals surface area contributed by atoms with Crippen molar-refractivity contribution in [1.29, 1.82) is 0 Å². The van der Waals surface area contributed by atoms with E-state index >= 15 is 0 Å². The van der Waals surface area contributed by atoms with Gasteiger partial charge in [-0.25, -0.2) is 13.8 Å². The molecule has 1 N–H and O–H groups in total. The van der Waals surface area contributed by atoms with Gasteiger partial charge in [0.25, 0.3) is 6.43 Å². The van der Waals surface area contributed by atoms with Crippen LogP contribution >= 0.6 is 0 Å². The van der Waals surface area contributed by atoms with Gasteiger partial charge in [-0.05, 0) is 4.92 Å². The van der Waals surface area contributed by atoms with Crippen molar-refractivity contribution >= 4 is 5.82 Å². The molecule has 0 radical (unpaired) electrons. The van der Waals surface area contributed by atoms with Crippen LogP contribution in [0.15, 0.2) is 11.0 Å². The fraction of sp³-hybridized carbons (Fsp3) is 0.286. The predicted octanol–water partition coefficient (Wildman–Crippen LogP) is 2.24. The minimum Gasteiger partial charge on any atom is -0.358 e.